The molecule has 80 valence electrons. The van der Waals surface area contributed by atoms with Crippen molar-refractivity contribution in [1.82, 2.24) is 4.90 Å². The molecule has 1 saturated heterocycles. The fourth-order valence-electron chi connectivity index (χ4n) is 1.61. The van der Waals surface area contributed by atoms with Crippen LogP contribution in [-0.2, 0) is 9.53 Å². The zero-order valence-electron chi connectivity index (χ0n) is 8.64. The van der Waals surface area contributed by atoms with Crippen LogP contribution >= 0.6 is 0 Å². The molecule has 0 saturated carbocycles. The Bertz CT molecular complexity index is 213. The summed E-state index contributed by atoms with van der Waals surface area (Å²) >= 11 is 0. The van der Waals surface area contributed by atoms with E-state index in [1.165, 1.54) is 0 Å². The number of carbonyl (C=O) groups excluding carboxylic acids is 1. The molecule has 0 aromatic carbocycles. The number of ether oxygens (including phenoxy) is 1. The van der Waals surface area contributed by atoms with E-state index >= 15 is 0 Å². The highest BCUT2D eigenvalue weighted by Crippen LogP contribution is 2.09. The zero-order chi connectivity index (χ0) is 10.7. The van der Waals surface area contributed by atoms with Gasteiger partial charge in [0, 0.05) is 19.1 Å². The average Bonchev–Trinajstić information content (AvgIpc) is 2.15. The lowest BCUT2D eigenvalue weighted by Crippen LogP contribution is -2.54. The van der Waals surface area contributed by atoms with E-state index in [-0.39, 0.29) is 24.6 Å². The third kappa shape index (κ3) is 2.70. The quantitative estimate of drug-likeness (QED) is 0.483. The number of rotatable bonds is 2. The summed E-state index contributed by atoms with van der Waals surface area (Å²) in [7, 11) is 1.88. The molecule has 14 heavy (non-hydrogen) atoms. The van der Waals surface area contributed by atoms with Crippen molar-refractivity contribution < 1.29 is 14.6 Å². The standard InChI is InChI=1S/C8H17BN2O3/c1-5(10)8(13)11-2-6(4-12)14-7(9)3-11/h5-7,12H,2-4,9-10H2,1H3. The number of hydrogen-bond donors (Lipinski definition) is 2. The van der Waals surface area contributed by atoms with Crippen molar-refractivity contribution in [2.45, 2.75) is 25.1 Å². The second-order valence-corrected chi connectivity index (χ2v) is 3.78. The van der Waals surface area contributed by atoms with Crippen molar-refractivity contribution in [3.63, 3.8) is 0 Å². The molecule has 1 rings (SSSR count). The summed E-state index contributed by atoms with van der Waals surface area (Å²) in [6.45, 7) is 2.58. The first-order valence-corrected chi connectivity index (χ1v) is 4.85. The Morgan fingerprint density at radius 2 is 2.43 bits per heavy atom. The fourth-order valence-corrected chi connectivity index (χ4v) is 1.61. The summed E-state index contributed by atoms with van der Waals surface area (Å²) in [6.07, 6.45) is -0.276. The number of nitrogens with two attached hydrogens (primary N) is 1. The lowest BCUT2D eigenvalue weighted by Gasteiger charge is -2.37. The summed E-state index contributed by atoms with van der Waals surface area (Å²) in [5, 5.41) is 8.95. The second kappa shape index (κ2) is 4.77. The molecule has 0 aliphatic carbocycles. The average molecular weight is 200 g/mol. The number of hydrogen-bond acceptors (Lipinski definition) is 4. The van der Waals surface area contributed by atoms with Crippen LogP contribution in [0.3, 0.4) is 0 Å². The molecule has 0 aromatic heterocycles. The molecule has 3 unspecified atom stereocenters. The molecule has 3 atom stereocenters. The molecule has 0 spiro atoms. The van der Waals surface area contributed by atoms with Crippen LogP contribution < -0.4 is 5.73 Å². The maximum absolute atomic E-state index is 11.6. The first-order chi connectivity index (χ1) is 6.54. The number of amides is 1. The topological polar surface area (TPSA) is 75.8 Å². The predicted octanol–water partition coefficient (Wildman–Crippen LogP) is -2.49. The molecule has 0 bridgehead atoms. The molecular formula is C8H17BN2O3. The Morgan fingerprint density at radius 3 is 2.93 bits per heavy atom. The number of aliphatic hydroxyl groups excluding tert-OH is 1. The lowest BCUT2D eigenvalue weighted by molar-refractivity contribution is -0.143. The number of aliphatic hydroxyl groups is 1. The number of morpholine rings is 1. The van der Waals surface area contributed by atoms with Crippen LogP contribution in [0.5, 0.6) is 0 Å². The molecule has 1 heterocycles. The Morgan fingerprint density at radius 1 is 1.79 bits per heavy atom. The van der Waals surface area contributed by atoms with Crippen LogP contribution in [-0.4, -0.2) is 61.6 Å². The molecule has 0 aromatic rings. The molecular weight excluding hydrogens is 183 g/mol. The first-order valence-electron chi connectivity index (χ1n) is 4.85. The van der Waals surface area contributed by atoms with Crippen LogP contribution in [0, 0.1) is 0 Å². The van der Waals surface area contributed by atoms with Crippen LogP contribution in [0.4, 0.5) is 0 Å². The van der Waals surface area contributed by atoms with Gasteiger partial charge in [-0.1, -0.05) is 0 Å². The van der Waals surface area contributed by atoms with Gasteiger partial charge in [-0.3, -0.25) is 4.79 Å². The maximum Gasteiger partial charge on any atom is 0.239 e. The van der Waals surface area contributed by atoms with Crippen LogP contribution in [0.15, 0.2) is 0 Å². The fraction of sp³-hybridized carbons (Fsp3) is 0.875. The molecule has 5 nitrogen and oxygen atoms in total. The highest BCUT2D eigenvalue weighted by atomic mass is 16.5. The van der Waals surface area contributed by atoms with Crippen molar-refractivity contribution >= 4 is 13.8 Å². The zero-order valence-corrected chi connectivity index (χ0v) is 8.64. The largest absolute Gasteiger partial charge is 0.394 e. The summed E-state index contributed by atoms with van der Waals surface area (Å²) in [6, 6.07) is -0.525. The Hall–Kier alpha value is -0.585. The highest BCUT2D eigenvalue weighted by molar-refractivity contribution is 6.11. The minimum atomic E-state index is -0.486. The van der Waals surface area contributed by atoms with Crippen molar-refractivity contribution in [1.29, 1.82) is 0 Å². The SMILES string of the molecule is BC1CN(C(=O)C(C)N)CC(CO)O1. The summed E-state index contributed by atoms with van der Waals surface area (Å²) in [5.41, 5.74) is 5.50. The van der Waals surface area contributed by atoms with Crippen LogP contribution in [0.1, 0.15) is 6.92 Å². The van der Waals surface area contributed by atoms with Crippen molar-refractivity contribution in [3.8, 4) is 0 Å². The summed E-state index contributed by atoms with van der Waals surface area (Å²) in [5.74, 6) is -0.0846. The monoisotopic (exact) mass is 200 g/mol. The minimum Gasteiger partial charge on any atom is -0.394 e. The van der Waals surface area contributed by atoms with Crippen LogP contribution in [0.25, 0.3) is 0 Å². The molecule has 1 aliphatic heterocycles. The molecule has 0 radical (unpaired) electrons. The van der Waals surface area contributed by atoms with Crippen LogP contribution in [0.2, 0.25) is 0 Å². The minimum absolute atomic E-state index is 0.0383. The van der Waals surface area contributed by atoms with Gasteiger partial charge in [0.05, 0.1) is 18.8 Å². The van der Waals surface area contributed by atoms with Gasteiger partial charge in [-0.05, 0) is 6.92 Å². The summed E-state index contributed by atoms with van der Waals surface area (Å²) < 4.78 is 5.41. The van der Waals surface area contributed by atoms with Gasteiger partial charge in [-0.25, -0.2) is 0 Å². The van der Waals surface area contributed by atoms with Gasteiger partial charge >= 0.3 is 0 Å². The van der Waals surface area contributed by atoms with Gasteiger partial charge in [0.15, 0.2) is 0 Å². The second-order valence-electron chi connectivity index (χ2n) is 3.78. The van der Waals surface area contributed by atoms with E-state index in [1.807, 2.05) is 7.85 Å². The summed E-state index contributed by atoms with van der Waals surface area (Å²) in [4.78, 5) is 13.2. The van der Waals surface area contributed by atoms with Crippen molar-refractivity contribution in [2.24, 2.45) is 5.73 Å². The normalized spacial score (nSPS) is 30.1. The van der Waals surface area contributed by atoms with E-state index in [0.29, 0.717) is 13.1 Å². The van der Waals surface area contributed by atoms with E-state index in [0.717, 1.165) is 0 Å². The molecule has 3 N–H and O–H groups in total. The first kappa shape index (κ1) is 11.5. The van der Waals surface area contributed by atoms with Gasteiger partial charge in [0.2, 0.25) is 5.91 Å². The molecule has 6 heteroatoms. The highest BCUT2D eigenvalue weighted by Gasteiger charge is 2.28. The molecule has 1 amide bonds. The van der Waals surface area contributed by atoms with Gasteiger partial charge in [-0.2, -0.15) is 0 Å². The third-order valence-corrected chi connectivity index (χ3v) is 2.23. The maximum atomic E-state index is 11.6. The predicted molar refractivity (Wildman–Crippen MR) is 54.5 cm³/mol. The van der Waals surface area contributed by atoms with E-state index < -0.39 is 6.04 Å². The van der Waals surface area contributed by atoms with E-state index in [1.54, 1.807) is 11.8 Å². The number of nitrogens with zero attached hydrogens (tertiary/aromatic N) is 1. The molecule has 1 fully saturated rings. The van der Waals surface area contributed by atoms with Crippen molar-refractivity contribution in [2.75, 3.05) is 19.7 Å². The van der Waals surface area contributed by atoms with E-state index in [4.69, 9.17) is 15.6 Å². The Balaban J connectivity index is 2.57. The number of carbonyl (C=O) groups is 1. The van der Waals surface area contributed by atoms with Crippen molar-refractivity contribution in [3.05, 3.63) is 0 Å². The van der Waals surface area contributed by atoms with Gasteiger partial charge in [0.25, 0.3) is 0 Å². The molecule has 1 aliphatic rings. The third-order valence-electron chi connectivity index (χ3n) is 2.23. The smallest absolute Gasteiger partial charge is 0.239 e. The van der Waals surface area contributed by atoms with Gasteiger partial charge < -0.3 is 20.5 Å². The Labute approximate surface area is 84.6 Å². The van der Waals surface area contributed by atoms with Gasteiger partial charge in [0.1, 0.15) is 7.85 Å². The van der Waals surface area contributed by atoms with Gasteiger partial charge in [-0.15, -0.1) is 0 Å². The van der Waals surface area contributed by atoms with E-state index in [2.05, 4.69) is 0 Å². The lowest BCUT2D eigenvalue weighted by atomic mass is 9.97. The Kier molecular flexibility index (Phi) is 3.91. The van der Waals surface area contributed by atoms with E-state index in [9.17, 15) is 4.79 Å².